The molecule has 0 aliphatic carbocycles. The summed E-state index contributed by atoms with van der Waals surface area (Å²) >= 11 is 17.9. The topological polar surface area (TPSA) is 59.1 Å². The number of nitrogen functional groups attached to an aromatic ring is 1. The molecule has 3 N–H and O–H groups in total. The number of nitrogens with zero attached hydrogens (tertiary/aromatic N) is 1. The van der Waals surface area contributed by atoms with Gasteiger partial charge in [0.2, 0.25) is 0 Å². The van der Waals surface area contributed by atoms with E-state index in [-0.39, 0.29) is 6.61 Å². The van der Waals surface area contributed by atoms with Crippen LogP contribution in [-0.2, 0) is 6.61 Å². The number of rotatable bonds is 2. The lowest BCUT2D eigenvalue weighted by atomic mass is 10.1. The quantitative estimate of drug-likeness (QED) is 0.830. The molecule has 0 saturated carbocycles. The van der Waals surface area contributed by atoms with E-state index in [1.807, 2.05) is 0 Å². The molecule has 0 unspecified atom stereocenters. The second-order valence-electron chi connectivity index (χ2n) is 3.67. The van der Waals surface area contributed by atoms with Crippen LogP contribution in [0.4, 0.5) is 5.69 Å². The zero-order chi connectivity index (χ0) is 13.3. The minimum Gasteiger partial charge on any atom is -0.397 e. The number of halogens is 3. The minimum absolute atomic E-state index is 0.166. The molecule has 1 aromatic heterocycles. The number of pyridine rings is 1. The van der Waals surface area contributed by atoms with E-state index in [4.69, 9.17) is 45.6 Å². The van der Waals surface area contributed by atoms with Crippen LogP contribution in [0.15, 0.2) is 24.4 Å². The molecule has 0 fully saturated rings. The maximum Gasteiger partial charge on any atom is 0.0722 e. The molecule has 0 saturated heterocycles. The highest BCUT2D eigenvalue weighted by molar-refractivity contribution is 6.44. The van der Waals surface area contributed by atoms with Crippen LogP contribution >= 0.6 is 34.8 Å². The average Bonchev–Trinajstić information content (AvgIpc) is 2.35. The fraction of sp³-hybridized carbons (Fsp3) is 0.0833. The van der Waals surface area contributed by atoms with Gasteiger partial charge in [0.15, 0.2) is 0 Å². The number of aromatic nitrogens is 1. The third-order valence-corrected chi connectivity index (χ3v) is 3.52. The summed E-state index contributed by atoms with van der Waals surface area (Å²) in [7, 11) is 0. The van der Waals surface area contributed by atoms with Crippen molar-refractivity contribution in [3.05, 3.63) is 45.0 Å². The van der Waals surface area contributed by atoms with Crippen LogP contribution in [0.1, 0.15) is 5.56 Å². The molecule has 94 valence electrons. The van der Waals surface area contributed by atoms with Gasteiger partial charge in [0.05, 0.1) is 39.3 Å². The monoisotopic (exact) mass is 302 g/mol. The molecule has 0 bridgehead atoms. The van der Waals surface area contributed by atoms with Crippen LogP contribution in [0.3, 0.4) is 0 Å². The summed E-state index contributed by atoms with van der Waals surface area (Å²) in [6.45, 7) is -0.166. The molecular weight excluding hydrogens is 295 g/mol. The zero-order valence-electron chi connectivity index (χ0n) is 9.12. The molecule has 0 radical (unpaired) electrons. The van der Waals surface area contributed by atoms with Gasteiger partial charge in [-0.3, -0.25) is 4.98 Å². The fourth-order valence-corrected chi connectivity index (χ4v) is 2.15. The van der Waals surface area contributed by atoms with Gasteiger partial charge in [-0.15, -0.1) is 0 Å². The molecule has 3 nitrogen and oxygen atoms in total. The van der Waals surface area contributed by atoms with Gasteiger partial charge in [0, 0.05) is 11.1 Å². The van der Waals surface area contributed by atoms with E-state index < -0.39 is 0 Å². The van der Waals surface area contributed by atoms with Gasteiger partial charge >= 0.3 is 0 Å². The number of aliphatic hydroxyl groups is 1. The van der Waals surface area contributed by atoms with Crippen molar-refractivity contribution in [1.82, 2.24) is 4.98 Å². The van der Waals surface area contributed by atoms with Crippen molar-refractivity contribution >= 4 is 40.5 Å². The Bertz CT molecular complexity index is 602. The van der Waals surface area contributed by atoms with Crippen molar-refractivity contribution in [3.63, 3.8) is 0 Å². The van der Waals surface area contributed by atoms with E-state index in [2.05, 4.69) is 4.98 Å². The summed E-state index contributed by atoms with van der Waals surface area (Å²) in [5.74, 6) is 0. The number of hydrogen-bond acceptors (Lipinski definition) is 3. The van der Waals surface area contributed by atoms with Crippen molar-refractivity contribution in [2.45, 2.75) is 6.61 Å². The SMILES string of the molecule is Nc1cnc(-c2cc(Cl)c(Cl)cc2Cl)cc1CO. The molecule has 0 amide bonds. The van der Waals surface area contributed by atoms with E-state index in [1.54, 1.807) is 18.2 Å². The van der Waals surface area contributed by atoms with Gasteiger partial charge in [0.1, 0.15) is 0 Å². The van der Waals surface area contributed by atoms with E-state index in [1.165, 1.54) is 6.20 Å². The zero-order valence-corrected chi connectivity index (χ0v) is 11.4. The highest BCUT2D eigenvalue weighted by Gasteiger charge is 2.11. The number of nitrogens with two attached hydrogens (primary N) is 1. The normalized spacial score (nSPS) is 10.7. The van der Waals surface area contributed by atoms with Crippen molar-refractivity contribution in [1.29, 1.82) is 0 Å². The summed E-state index contributed by atoms with van der Waals surface area (Å²) in [5.41, 5.74) is 7.90. The molecule has 0 aliphatic heterocycles. The first-order chi connectivity index (χ1) is 8.52. The van der Waals surface area contributed by atoms with E-state index >= 15 is 0 Å². The third-order valence-electron chi connectivity index (χ3n) is 2.48. The highest BCUT2D eigenvalue weighted by atomic mass is 35.5. The van der Waals surface area contributed by atoms with E-state index in [9.17, 15) is 0 Å². The van der Waals surface area contributed by atoms with Gasteiger partial charge in [-0.25, -0.2) is 0 Å². The predicted octanol–water partition coefficient (Wildman–Crippen LogP) is 3.78. The Kier molecular flexibility index (Phi) is 3.97. The summed E-state index contributed by atoms with van der Waals surface area (Å²) < 4.78 is 0. The van der Waals surface area contributed by atoms with Crippen molar-refractivity contribution < 1.29 is 5.11 Å². The van der Waals surface area contributed by atoms with Crippen LogP contribution in [0.25, 0.3) is 11.3 Å². The lowest BCUT2D eigenvalue weighted by Crippen LogP contribution is -1.97. The minimum atomic E-state index is -0.166. The summed E-state index contributed by atoms with van der Waals surface area (Å²) in [6.07, 6.45) is 1.47. The molecule has 0 aliphatic rings. The number of aliphatic hydroxyl groups excluding tert-OH is 1. The first-order valence-electron chi connectivity index (χ1n) is 5.03. The smallest absolute Gasteiger partial charge is 0.0722 e. The Hall–Kier alpha value is -1.00. The summed E-state index contributed by atoms with van der Waals surface area (Å²) in [5, 5.41) is 10.4. The second kappa shape index (κ2) is 5.33. The van der Waals surface area contributed by atoms with Crippen molar-refractivity contribution in [3.8, 4) is 11.3 Å². The van der Waals surface area contributed by atoms with Crippen LogP contribution in [0.5, 0.6) is 0 Å². The fourth-order valence-electron chi connectivity index (χ4n) is 1.51. The molecule has 0 spiro atoms. The third kappa shape index (κ3) is 2.54. The maximum absolute atomic E-state index is 9.17. The Labute approximate surface area is 119 Å². The second-order valence-corrected chi connectivity index (χ2v) is 4.89. The van der Waals surface area contributed by atoms with Crippen LogP contribution in [-0.4, -0.2) is 10.1 Å². The maximum atomic E-state index is 9.17. The summed E-state index contributed by atoms with van der Waals surface area (Å²) in [6, 6.07) is 4.85. The van der Waals surface area contributed by atoms with Crippen molar-refractivity contribution in [2.75, 3.05) is 5.73 Å². The first kappa shape index (κ1) is 13.4. The van der Waals surface area contributed by atoms with E-state index in [0.29, 0.717) is 37.6 Å². The molecule has 2 aromatic rings. The molecule has 0 atom stereocenters. The number of anilines is 1. The predicted molar refractivity (Wildman–Crippen MR) is 75.0 cm³/mol. The Morgan fingerprint density at radius 3 is 2.39 bits per heavy atom. The van der Waals surface area contributed by atoms with Gasteiger partial charge < -0.3 is 10.8 Å². The Balaban J connectivity index is 2.58. The molecule has 1 aromatic carbocycles. The lowest BCUT2D eigenvalue weighted by Gasteiger charge is -2.08. The molecule has 6 heteroatoms. The molecule has 2 rings (SSSR count). The van der Waals surface area contributed by atoms with E-state index in [0.717, 1.165) is 0 Å². The number of benzene rings is 1. The Morgan fingerprint density at radius 1 is 1.06 bits per heavy atom. The standard InChI is InChI=1S/C12H9Cl3N2O/c13-8-3-10(15)9(14)2-7(8)12-1-6(5-18)11(16)4-17-12/h1-4,18H,5,16H2. The average molecular weight is 304 g/mol. The van der Waals surface area contributed by atoms with Gasteiger partial charge in [-0.05, 0) is 18.2 Å². The highest BCUT2D eigenvalue weighted by Crippen LogP contribution is 2.35. The molecular formula is C12H9Cl3N2O. The lowest BCUT2D eigenvalue weighted by molar-refractivity contribution is 0.282. The van der Waals surface area contributed by atoms with Crippen LogP contribution in [0, 0.1) is 0 Å². The first-order valence-corrected chi connectivity index (χ1v) is 6.16. The van der Waals surface area contributed by atoms with Crippen molar-refractivity contribution in [2.24, 2.45) is 0 Å². The van der Waals surface area contributed by atoms with Gasteiger partial charge in [-0.2, -0.15) is 0 Å². The molecule has 1 heterocycles. The van der Waals surface area contributed by atoms with Gasteiger partial charge in [-0.1, -0.05) is 34.8 Å². The number of hydrogen-bond donors (Lipinski definition) is 2. The van der Waals surface area contributed by atoms with Gasteiger partial charge in [0.25, 0.3) is 0 Å². The van der Waals surface area contributed by atoms with Crippen LogP contribution in [0.2, 0.25) is 15.1 Å². The molecule has 18 heavy (non-hydrogen) atoms. The Morgan fingerprint density at radius 2 is 1.72 bits per heavy atom. The summed E-state index contributed by atoms with van der Waals surface area (Å²) in [4.78, 5) is 4.17. The largest absolute Gasteiger partial charge is 0.397 e. The van der Waals surface area contributed by atoms with Crippen LogP contribution < -0.4 is 5.73 Å².